The van der Waals surface area contributed by atoms with E-state index < -0.39 is 15.1 Å². The highest BCUT2D eigenvalue weighted by Crippen LogP contribution is 2.27. The third-order valence-corrected chi connectivity index (χ3v) is 6.67. The summed E-state index contributed by atoms with van der Waals surface area (Å²) in [5.74, 6) is 0.965. The molecule has 0 aliphatic heterocycles. The normalized spacial score (nSPS) is 12.2. The molecule has 92 valence electrons. The Kier molecular flexibility index (Phi) is 5.20. The van der Waals surface area contributed by atoms with Crippen molar-refractivity contribution in [2.45, 2.75) is 47.5 Å². The van der Waals surface area contributed by atoms with E-state index in [2.05, 4.69) is 17.1 Å². The fourth-order valence-corrected chi connectivity index (χ4v) is 4.61. The second-order valence-electron chi connectivity index (χ2n) is 3.63. The Hall–Kier alpha value is -0.140. The van der Waals surface area contributed by atoms with E-state index >= 15 is 0 Å². The van der Waals surface area contributed by atoms with Gasteiger partial charge in [0.15, 0.2) is 4.34 Å². The van der Waals surface area contributed by atoms with Crippen LogP contribution in [0.1, 0.15) is 33.6 Å². The number of thioether (sulfide) groups is 1. The van der Waals surface area contributed by atoms with E-state index in [0.29, 0.717) is 0 Å². The van der Waals surface area contributed by atoms with Gasteiger partial charge in [-0.15, -0.1) is 10.2 Å². The van der Waals surface area contributed by atoms with Gasteiger partial charge in [-0.05, 0) is 20.3 Å². The van der Waals surface area contributed by atoms with Gasteiger partial charge >= 0.3 is 0 Å². The molecule has 7 heteroatoms. The zero-order valence-corrected chi connectivity index (χ0v) is 12.1. The van der Waals surface area contributed by atoms with Crippen molar-refractivity contribution in [3.63, 3.8) is 0 Å². The third kappa shape index (κ3) is 3.43. The molecule has 0 saturated heterocycles. The minimum absolute atomic E-state index is 0.140. The highest BCUT2D eigenvalue weighted by molar-refractivity contribution is 8.01. The molecule has 0 amide bonds. The fourth-order valence-electron chi connectivity index (χ4n) is 0.876. The van der Waals surface area contributed by atoms with Crippen molar-refractivity contribution < 1.29 is 8.42 Å². The van der Waals surface area contributed by atoms with Gasteiger partial charge < -0.3 is 0 Å². The summed E-state index contributed by atoms with van der Waals surface area (Å²) in [6.07, 6.45) is 2.24. The first kappa shape index (κ1) is 13.9. The molecule has 0 saturated carbocycles. The maximum absolute atomic E-state index is 11.8. The van der Waals surface area contributed by atoms with Crippen LogP contribution in [0, 0.1) is 0 Å². The number of nitrogens with zero attached hydrogens (tertiary/aromatic N) is 2. The molecule has 0 aromatic carbocycles. The molecule has 1 rings (SSSR count). The van der Waals surface area contributed by atoms with Gasteiger partial charge in [0.1, 0.15) is 0 Å². The highest BCUT2D eigenvalue weighted by atomic mass is 32.2. The molecule has 0 radical (unpaired) electrons. The monoisotopic (exact) mass is 280 g/mol. The van der Waals surface area contributed by atoms with Gasteiger partial charge in [-0.1, -0.05) is 36.4 Å². The Bertz CT molecular complexity index is 426. The number of aromatic nitrogens is 2. The van der Waals surface area contributed by atoms with Crippen LogP contribution in [0.5, 0.6) is 0 Å². The molecule has 1 aromatic heterocycles. The van der Waals surface area contributed by atoms with Crippen molar-refractivity contribution in [2.24, 2.45) is 0 Å². The number of hydrogen-bond donors (Lipinski definition) is 0. The SMILES string of the molecule is CCCCSc1nnc(S(=O)(=O)C(C)C)s1. The molecule has 0 aliphatic rings. The zero-order chi connectivity index (χ0) is 12.2. The molecule has 0 unspecified atom stereocenters. The summed E-state index contributed by atoms with van der Waals surface area (Å²) in [7, 11) is -3.26. The lowest BCUT2D eigenvalue weighted by molar-refractivity contribution is 0.585. The molecule has 16 heavy (non-hydrogen) atoms. The Morgan fingerprint density at radius 3 is 2.62 bits per heavy atom. The van der Waals surface area contributed by atoms with Gasteiger partial charge in [0, 0.05) is 5.75 Å². The summed E-state index contributed by atoms with van der Waals surface area (Å²) in [6.45, 7) is 5.43. The summed E-state index contributed by atoms with van der Waals surface area (Å²) in [5, 5.41) is 7.20. The summed E-state index contributed by atoms with van der Waals surface area (Å²) < 4.78 is 24.4. The van der Waals surface area contributed by atoms with Gasteiger partial charge in [0.25, 0.3) is 0 Å². The van der Waals surface area contributed by atoms with Crippen molar-refractivity contribution in [1.82, 2.24) is 10.2 Å². The Morgan fingerprint density at radius 2 is 2.06 bits per heavy atom. The van der Waals surface area contributed by atoms with E-state index in [-0.39, 0.29) is 4.34 Å². The number of rotatable bonds is 6. The number of hydrogen-bond acceptors (Lipinski definition) is 6. The zero-order valence-electron chi connectivity index (χ0n) is 9.63. The lowest BCUT2D eigenvalue weighted by Crippen LogP contribution is -2.13. The van der Waals surface area contributed by atoms with Gasteiger partial charge in [-0.25, -0.2) is 8.42 Å². The summed E-state index contributed by atoms with van der Waals surface area (Å²) in [4.78, 5) is 0. The lowest BCUT2D eigenvalue weighted by Gasteiger charge is -2.01. The first-order valence-corrected chi connectivity index (χ1v) is 8.53. The summed E-state index contributed by atoms with van der Waals surface area (Å²) in [6, 6.07) is 0. The maximum Gasteiger partial charge on any atom is 0.233 e. The van der Waals surface area contributed by atoms with E-state index in [9.17, 15) is 8.42 Å². The predicted octanol–water partition coefficient (Wildman–Crippen LogP) is 2.61. The van der Waals surface area contributed by atoms with Crippen LogP contribution in [0.3, 0.4) is 0 Å². The summed E-state index contributed by atoms with van der Waals surface area (Å²) >= 11 is 2.75. The first-order chi connectivity index (χ1) is 7.48. The number of sulfone groups is 1. The van der Waals surface area contributed by atoms with Crippen LogP contribution in [0.2, 0.25) is 0 Å². The molecule has 4 nitrogen and oxygen atoms in total. The minimum Gasteiger partial charge on any atom is -0.221 e. The Balaban J connectivity index is 2.72. The van der Waals surface area contributed by atoms with E-state index in [1.54, 1.807) is 25.6 Å². The number of unbranched alkanes of at least 4 members (excludes halogenated alkanes) is 1. The Morgan fingerprint density at radius 1 is 1.38 bits per heavy atom. The van der Waals surface area contributed by atoms with E-state index in [0.717, 1.165) is 22.9 Å². The molecule has 0 spiro atoms. The minimum atomic E-state index is -3.26. The van der Waals surface area contributed by atoms with Crippen LogP contribution in [0.25, 0.3) is 0 Å². The van der Waals surface area contributed by atoms with E-state index in [4.69, 9.17) is 0 Å². The van der Waals surface area contributed by atoms with E-state index in [1.807, 2.05) is 0 Å². The van der Waals surface area contributed by atoms with Crippen molar-refractivity contribution in [3.8, 4) is 0 Å². The van der Waals surface area contributed by atoms with Crippen LogP contribution >= 0.6 is 23.1 Å². The fraction of sp³-hybridized carbons (Fsp3) is 0.778. The van der Waals surface area contributed by atoms with Crippen LogP contribution < -0.4 is 0 Å². The molecular formula is C9H16N2O2S3. The molecular weight excluding hydrogens is 264 g/mol. The molecule has 1 aromatic rings. The standard InChI is InChI=1S/C9H16N2O2S3/c1-4-5-6-14-8-10-11-9(15-8)16(12,13)7(2)3/h7H,4-6H2,1-3H3. The molecule has 1 heterocycles. The first-order valence-electron chi connectivity index (χ1n) is 5.18. The second kappa shape index (κ2) is 5.97. The van der Waals surface area contributed by atoms with Crippen molar-refractivity contribution >= 4 is 32.9 Å². The van der Waals surface area contributed by atoms with E-state index in [1.165, 1.54) is 11.3 Å². The predicted molar refractivity (Wildman–Crippen MR) is 67.9 cm³/mol. The smallest absolute Gasteiger partial charge is 0.221 e. The van der Waals surface area contributed by atoms with Crippen LogP contribution in [-0.2, 0) is 9.84 Å². The van der Waals surface area contributed by atoms with Gasteiger partial charge in [-0.2, -0.15) is 0 Å². The Labute approximate surface area is 105 Å². The topological polar surface area (TPSA) is 59.9 Å². The maximum atomic E-state index is 11.8. The average Bonchev–Trinajstić information content (AvgIpc) is 2.67. The van der Waals surface area contributed by atoms with Crippen molar-refractivity contribution in [1.29, 1.82) is 0 Å². The van der Waals surface area contributed by atoms with Crippen LogP contribution in [0.4, 0.5) is 0 Å². The van der Waals surface area contributed by atoms with Gasteiger partial charge in [-0.3, -0.25) is 0 Å². The van der Waals surface area contributed by atoms with Gasteiger partial charge in [0.05, 0.1) is 5.25 Å². The average molecular weight is 280 g/mol. The molecule has 0 atom stereocenters. The third-order valence-electron chi connectivity index (χ3n) is 1.98. The largest absolute Gasteiger partial charge is 0.233 e. The quantitative estimate of drug-likeness (QED) is 0.592. The molecule has 0 bridgehead atoms. The summed E-state index contributed by atoms with van der Waals surface area (Å²) in [5.41, 5.74) is 0. The lowest BCUT2D eigenvalue weighted by atomic mass is 10.4. The highest BCUT2D eigenvalue weighted by Gasteiger charge is 2.24. The van der Waals surface area contributed by atoms with Crippen molar-refractivity contribution in [2.75, 3.05) is 5.75 Å². The second-order valence-corrected chi connectivity index (χ2v) is 8.63. The molecule has 0 aliphatic carbocycles. The van der Waals surface area contributed by atoms with Crippen LogP contribution in [0.15, 0.2) is 8.68 Å². The van der Waals surface area contributed by atoms with Crippen LogP contribution in [-0.4, -0.2) is 29.6 Å². The van der Waals surface area contributed by atoms with Gasteiger partial charge in [0.2, 0.25) is 14.2 Å². The van der Waals surface area contributed by atoms with Crippen molar-refractivity contribution in [3.05, 3.63) is 0 Å². The molecule has 0 fully saturated rings. The molecule has 0 N–H and O–H groups in total.